The van der Waals surface area contributed by atoms with E-state index in [0.29, 0.717) is 15.0 Å². The zero-order chi connectivity index (χ0) is 13.3. The van der Waals surface area contributed by atoms with Crippen LogP contribution < -0.4 is 8.92 Å². The molecule has 0 radical (unpaired) electrons. The Morgan fingerprint density at radius 1 is 0.778 bits per heavy atom. The van der Waals surface area contributed by atoms with Crippen molar-refractivity contribution in [1.82, 2.24) is 0 Å². The molecule has 0 aromatic heterocycles. The molecule has 0 bridgehead atoms. The summed E-state index contributed by atoms with van der Waals surface area (Å²) < 4.78 is 2.89. The fraction of sp³-hybridized carbons (Fsp3) is 0.250. The molecule has 0 atom stereocenters. The molecule has 0 fully saturated rings. The van der Waals surface area contributed by atoms with Gasteiger partial charge in [-0.2, -0.15) is 0 Å². The van der Waals surface area contributed by atoms with Gasteiger partial charge in [-0.1, -0.05) is 0 Å². The molecule has 0 saturated carbocycles. The van der Waals surface area contributed by atoms with Crippen molar-refractivity contribution >= 4 is 35.5 Å². The molecule has 0 unspecified atom stereocenters. The molecule has 0 aliphatic carbocycles. The summed E-state index contributed by atoms with van der Waals surface area (Å²) in [4.78, 5) is 0. The summed E-state index contributed by atoms with van der Waals surface area (Å²) in [7, 11) is 0. The molecule has 18 heavy (non-hydrogen) atoms. The van der Waals surface area contributed by atoms with Gasteiger partial charge in [0.1, 0.15) is 0 Å². The van der Waals surface area contributed by atoms with E-state index in [-0.39, 0.29) is 0 Å². The minimum atomic E-state index is 0.357. The van der Waals surface area contributed by atoms with Gasteiger partial charge in [0, 0.05) is 0 Å². The molecule has 0 heterocycles. The summed E-state index contributed by atoms with van der Waals surface area (Å²) in [6.07, 6.45) is 0. The second-order valence-electron chi connectivity index (χ2n) is 4.56. The van der Waals surface area contributed by atoms with Crippen molar-refractivity contribution in [1.29, 1.82) is 0 Å². The van der Waals surface area contributed by atoms with Gasteiger partial charge in [-0.05, 0) is 0 Å². The van der Waals surface area contributed by atoms with Gasteiger partial charge < -0.3 is 0 Å². The summed E-state index contributed by atoms with van der Waals surface area (Å²) in [6, 6.07) is 10.7. The van der Waals surface area contributed by atoms with Crippen molar-refractivity contribution in [3.05, 3.63) is 57.6 Å². The minimum absolute atomic E-state index is 0.357. The van der Waals surface area contributed by atoms with Gasteiger partial charge in [-0.25, -0.2) is 0 Å². The summed E-state index contributed by atoms with van der Waals surface area (Å²) in [5.74, 6) is 0. The maximum atomic E-state index is 6.37. The van der Waals surface area contributed by atoms with Crippen molar-refractivity contribution < 1.29 is 0 Å². The van der Waals surface area contributed by atoms with Crippen molar-refractivity contribution in [3.8, 4) is 0 Å². The molecule has 0 aliphatic heterocycles. The van der Waals surface area contributed by atoms with E-state index in [4.69, 9.17) is 11.6 Å². The monoisotopic (exact) mass is 324 g/mol. The molecule has 0 spiro atoms. The van der Waals surface area contributed by atoms with Crippen LogP contribution in [0.3, 0.4) is 0 Å². The van der Waals surface area contributed by atoms with E-state index in [9.17, 15) is 0 Å². The van der Waals surface area contributed by atoms with Crippen molar-refractivity contribution in [2.45, 2.75) is 27.7 Å². The van der Waals surface area contributed by atoms with Crippen molar-refractivity contribution in [3.63, 3.8) is 0 Å². The fourth-order valence-electron chi connectivity index (χ4n) is 1.99. The van der Waals surface area contributed by atoms with E-state index < -0.39 is 0 Å². The van der Waals surface area contributed by atoms with Crippen LogP contribution in [0.1, 0.15) is 22.3 Å². The van der Waals surface area contributed by atoms with Crippen LogP contribution in [0, 0.1) is 27.7 Å². The Bertz CT molecular complexity index is 544. The van der Waals surface area contributed by atoms with Crippen LogP contribution in [0.15, 0.2) is 30.3 Å². The molecule has 0 nitrogen and oxygen atoms in total. The fourth-order valence-corrected chi connectivity index (χ4v) is 4.67. The zero-order valence-corrected chi connectivity index (χ0v) is 13.6. The summed E-state index contributed by atoms with van der Waals surface area (Å²) in [5.41, 5.74) is 5.17. The number of hydrogen-bond acceptors (Lipinski definition) is 0. The van der Waals surface area contributed by atoms with Crippen LogP contribution >= 0.6 is 11.6 Å². The van der Waals surface area contributed by atoms with Crippen LogP contribution in [-0.4, -0.2) is 15.0 Å². The second kappa shape index (κ2) is 5.48. The van der Waals surface area contributed by atoms with E-state index in [0.717, 1.165) is 5.02 Å². The molecule has 94 valence electrons. The Morgan fingerprint density at radius 3 is 1.78 bits per heavy atom. The molecule has 0 N–H and O–H groups in total. The predicted molar refractivity (Wildman–Crippen MR) is 81.9 cm³/mol. The third kappa shape index (κ3) is 2.49. The number of halogens is 1. The predicted octanol–water partition coefficient (Wildman–Crippen LogP) is 3.23. The molecule has 0 aliphatic rings. The van der Waals surface area contributed by atoms with E-state index in [1.54, 1.807) is 0 Å². The number of rotatable bonds is 2. The van der Waals surface area contributed by atoms with Crippen LogP contribution in [0.2, 0.25) is 5.02 Å². The standard InChI is InChI=1S/C16H17ClSe/c1-10-12(3)16(13(4)11(2)15(10)17)18-14-8-6-5-7-9-14/h5-9H,1-4H3. The molecule has 2 aromatic rings. The molecule has 2 heteroatoms. The van der Waals surface area contributed by atoms with Gasteiger partial charge in [0.25, 0.3) is 0 Å². The van der Waals surface area contributed by atoms with E-state index >= 15 is 0 Å². The van der Waals surface area contributed by atoms with E-state index in [1.165, 1.54) is 31.2 Å². The Kier molecular flexibility index (Phi) is 4.17. The first-order chi connectivity index (χ1) is 8.52. The first-order valence-electron chi connectivity index (χ1n) is 6.01. The van der Waals surface area contributed by atoms with Crippen LogP contribution in [-0.2, 0) is 0 Å². The van der Waals surface area contributed by atoms with Gasteiger partial charge in [0.2, 0.25) is 0 Å². The van der Waals surface area contributed by atoms with Gasteiger partial charge in [0.15, 0.2) is 0 Å². The Morgan fingerprint density at radius 2 is 1.28 bits per heavy atom. The van der Waals surface area contributed by atoms with Gasteiger partial charge in [-0.15, -0.1) is 0 Å². The first-order valence-corrected chi connectivity index (χ1v) is 8.10. The molecule has 0 amide bonds. The van der Waals surface area contributed by atoms with Crippen LogP contribution in [0.5, 0.6) is 0 Å². The normalized spacial score (nSPS) is 10.7. The molecule has 2 aromatic carbocycles. The average molecular weight is 324 g/mol. The van der Waals surface area contributed by atoms with Gasteiger partial charge in [-0.3, -0.25) is 0 Å². The molecule has 0 saturated heterocycles. The summed E-state index contributed by atoms with van der Waals surface area (Å²) in [5, 5.41) is 0.928. The number of hydrogen-bond donors (Lipinski definition) is 0. The third-order valence-corrected chi connectivity index (χ3v) is 6.77. The van der Waals surface area contributed by atoms with E-state index in [1.807, 2.05) is 0 Å². The van der Waals surface area contributed by atoms with Crippen LogP contribution in [0.4, 0.5) is 0 Å². The molecular weight excluding hydrogens is 307 g/mol. The van der Waals surface area contributed by atoms with Crippen molar-refractivity contribution in [2.24, 2.45) is 0 Å². The first kappa shape index (κ1) is 13.7. The van der Waals surface area contributed by atoms with Crippen LogP contribution in [0.25, 0.3) is 0 Å². The average Bonchev–Trinajstić information content (AvgIpc) is 2.40. The van der Waals surface area contributed by atoms with Gasteiger partial charge in [0.05, 0.1) is 0 Å². The topological polar surface area (TPSA) is 0 Å². The zero-order valence-electron chi connectivity index (χ0n) is 11.2. The van der Waals surface area contributed by atoms with E-state index in [2.05, 4.69) is 58.0 Å². The maximum absolute atomic E-state index is 6.37. The Balaban J connectivity index is 2.52. The van der Waals surface area contributed by atoms with Gasteiger partial charge >= 0.3 is 121 Å². The number of benzene rings is 2. The Labute approximate surface area is 121 Å². The second-order valence-corrected chi connectivity index (χ2v) is 7.21. The molecule has 2 rings (SSSR count). The molecular formula is C16H17ClSe. The summed E-state index contributed by atoms with van der Waals surface area (Å²) >= 11 is 6.73. The Hall–Kier alpha value is -0.751. The third-order valence-electron chi connectivity index (χ3n) is 3.43. The SMILES string of the molecule is Cc1c(C)c([Se]c2ccccc2)c(C)c(C)c1Cl. The summed E-state index contributed by atoms with van der Waals surface area (Å²) in [6.45, 7) is 8.62. The quantitative estimate of drug-likeness (QED) is 0.744. The van der Waals surface area contributed by atoms with Crippen molar-refractivity contribution in [2.75, 3.05) is 0 Å².